The van der Waals surface area contributed by atoms with Crippen molar-refractivity contribution in [2.24, 2.45) is 0 Å². The molecule has 5 rings (SSSR count). The minimum absolute atomic E-state index is 0.843. The second-order valence-corrected chi connectivity index (χ2v) is 13.9. The minimum Gasteiger partial charge on any atom is -0.394 e. The first kappa shape index (κ1) is 46.0. The first-order valence-corrected chi connectivity index (χ1v) is 17.6. The molecule has 0 unspecified atom stereocenters. The largest absolute Gasteiger partial charge is 0.394 e. The Morgan fingerprint density at radius 3 is 1.02 bits per heavy atom. The van der Waals surface area contributed by atoms with E-state index in [9.17, 15) is 86.8 Å². The van der Waals surface area contributed by atoms with Crippen LogP contribution in [0.2, 0.25) is 0 Å². The van der Waals surface area contributed by atoms with Gasteiger partial charge < -0.3 is 129 Å². The van der Waals surface area contributed by atoms with E-state index in [1.165, 1.54) is 0 Å². The molecule has 25 atom stereocenters. The van der Waals surface area contributed by atoms with Crippen LogP contribution in [0.5, 0.6) is 0 Å². The minimum atomic E-state index is -2.16. The van der Waals surface area contributed by atoms with Crippen molar-refractivity contribution in [2.45, 2.75) is 154 Å². The lowest BCUT2D eigenvalue weighted by Crippen LogP contribution is -2.69. The van der Waals surface area contributed by atoms with Crippen LogP contribution in [0, 0.1) is 0 Å². The molecule has 5 saturated heterocycles. The Labute approximate surface area is 316 Å². The van der Waals surface area contributed by atoms with E-state index in [1.54, 1.807) is 0 Å². The second-order valence-electron chi connectivity index (χ2n) is 13.9. The number of hydrogen-bond acceptors (Lipinski definition) is 26. The third-order valence-corrected chi connectivity index (χ3v) is 10.3. The molecule has 0 bridgehead atoms. The van der Waals surface area contributed by atoms with Crippen molar-refractivity contribution >= 4 is 0 Å². The summed E-state index contributed by atoms with van der Waals surface area (Å²) in [6.45, 7) is -4.69. The number of aliphatic hydroxyl groups is 17. The molecule has 0 amide bonds. The fourth-order valence-corrected chi connectivity index (χ4v) is 6.96. The van der Waals surface area contributed by atoms with Gasteiger partial charge in [-0.15, -0.1) is 0 Å². The van der Waals surface area contributed by atoms with E-state index in [0.29, 0.717) is 0 Å². The molecule has 0 aliphatic carbocycles. The lowest BCUT2D eigenvalue weighted by Gasteiger charge is -2.51. The molecule has 17 N–H and O–H groups in total. The van der Waals surface area contributed by atoms with Gasteiger partial charge in [0, 0.05) is 0 Å². The first-order valence-electron chi connectivity index (χ1n) is 17.6. The maximum atomic E-state index is 11.4. The van der Waals surface area contributed by atoms with Gasteiger partial charge in [-0.25, -0.2) is 0 Å². The van der Waals surface area contributed by atoms with Crippen molar-refractivity contribution in [2.75, 3.05) is 33.0 Å². The van der Waals surface area contributed by atoms with Crippen molar-refractivity contribution in [3.05, 3.63) is 0 Å². The smallest absolute Gasteiger partial charge is 0.187 e. The molecular formula is C30H52O26. The molecular weight excluding hydrogens is 776 g/mol. The van der Waals surface area contributed by atoms with E-state index in [0.717, 1.165) is 0 Å². The van der Waals surface area contributed by atoms with Gasteiger partial charge in [0.2, 0.25) is 0 Å². The van der Waals surface area contributed by atoms with Crippen LogP contribution in [0.15, 0.2) is 0 Å². The Hall–Kier alpha value is -1.04. The highest BCUT2D eigenvalue weighted by atomic mass is 16.8. The Morgan fingerprint density at radius 2 is 0.571 bits per heavy atom. The summed E-state index contributed by atoms with van der Waals surface area (Å²) in [5, 5.41) is 177. The lowest BCUT2D eigenvalue weighted by molar-refractivity contribution is -0.416. The van der Waals surface area contributed by atoms with Crippen LogP contribution in [-0.4, -0.2) is 273 Å². The summed E-state index contributed by atoms with van der Waals surface area (Å²) >= 11 is 0. The Balaban J connectivity index is 1.51. The van der Waals surface area contributed by atoms with E-state index in [1.807, 2.05) is 0 Å². The normalized spacial score (nSPS) is 53.2. The van der Waals surface area contributed by atoms with Crippen molar-refractivity contribution in [3.8, 4) is 0 Å². The summed E-state index contributed by atoms with van der Waals surface area (Å²) in [6, 6.07) is 0. The summed E-state index contributed by atoms with van der Waals surface area (Å²) in [6.07, 6.45) is -48.6. The van der Waals surface area contributed by atoms with E-state index in [4.69, 9.17) is 42.6 Å². The first-order chi connectivity index (χ1) is 26.5. The zero-order valence-corrected chi connectivity index (χ0v) is 29.2. The van der Waals surface area contributed by atoms with Gasteiger partial charge in [-0.3, -0.25) is 0 Å². The van der Waals surface area contributed by atoms with Crippen molar-refractivity contribution < 1.29 is 129 Å². The Bertz CT molecular complexity index is 1200. The fraction of sp³-hybridized carbons (Fsp3) is 1.00. The van der Waals surface area contributed by atoms with Gasteiger partial charge in [-0.05, 0) is 0 Å². The highest BCUT2D eigenvalue weighted by Gasteiger charge is 2.58. The second kappa shape index (κ2) is 19.6. The zero-order chi connectivity index (χ0) is 41.3. The molecule has 5 aliphatic heterocycles. The molecule has 56 heavy (non-hydrogen) atoms. The van der Waals surface area contributed by atoms with Crippen LogP contribution in [0.3, 0.4) is 0 Å². The Kier molecular flexibility index (Phi) is 16.1. The molecule has 0 aromatic rings. The van der Waals surface area contributed by atoms with Gasteiger partial charge in [0.15, 0.2) is 31.5 Å². The summed E-state index contributed by atoms with van der Waals surface area (Å²) < 4.78 is 50.5. The maximum Gasteiger partial charge on any atom is 0.187 e. The molecule has 0 aromatic carbocycles. The number of hydrogen-bond donors (Lipinski definition) is 17. The lowest BCUT2D eigenvalue weighted by atomic mass is 9.95. The number of aliphatic hydroxyl groups excluding tert-OH is 17. The molecule has 26 heteroatoms. The van der Waals surface area contributed by atoms with Crippen molar-refractivity contribution in [1.29, 1.82) is 0 Å². The highest BCUT2D eigenvalue weighted by molar-refractivity contribution is 4.99. The third-order valence-electron chi connectivity index (χ3n) is 10.3. The average molecular weight is 829 g/mol. The van der Waals surface area contributed by atoms with Crippen LogP contribution in [-0.2, 0) is 42.6 Å². The monoisotopic (exact) mass is 828 g/mol. The summed E-state index contributed by atoms with van der Waals surface area (Å²) in [4.78, 5) is 0. The molecule has 26 nitrogen and oxygen atoms in total. The van der Waals surface area contributed by atoms with Gasteiger partial charge in [-0.2, -0.15) is 0 Å². The van der Waals surface area contributed by atoms with Crippen molar-refractivity contribution in [1.82, 2.24) is 0 Å². The van der Waals surface area contributed by atoms with Gasteiger partial charge in [-0.1, -0.05) is 0 Å². The quantitative estimate of drug-likeness (QED) is 0.0819. The van der Waals surface area contributed by atoms with E-state index < -0.39 is 187 Å². The molecule has 5 aliphatic rings. The summed E-state index contributed by atoms with van der Waals surface area (Å²) in [5.41, 5.74) is 0. The van der Waals surface area contributed by atoms with Gasteiger partial charge in [0.05, 0.1) is 33.0 Å². The predicted octanol–water partition coefficient (Wildman–Crippen LogP) is -11.9. The number of rotatable bonds is 13. The maximum absolute atomic E-state index is 11.4. The molecule has 0 spiro atoms. The molecule has 0 radical (unpaired) electrons. The molecule has 0 aromatic heterocycles. The van der Waals surface area contributed by atoms with Crippen LogP contribution >= 0.6 is 0 Å². The van der Waals surface area contributed by atoms with Gasteiger partial charge >= 0.3 is 0 Å². The van der Waals surface area contributed by atoms with Crippen LogP contribution < -0.4 is 0 Å². The topological polar surface area (TPSA) is 427 Å². The highest BCUT2D eigenvalue weighted by Crippen LogP contribution is 2.37. The standard InChI is InChI=1S/C30H52O26/c31-1-6-13(38)18(43)23(26(47)48-6)54-29-24(19(44)14(39)9(4-34)51-29)55-30-25(56-28-21(46)17(42)12(37)8(3-33)50-28)22(15(40)10(5-35)52-30)53-27-20(45)16(41)11(36)7(2-32)49-27/h6-47H,1-5H2/t6-,7-,8-,9-,10-,11-,12-,13-,14-,15-,16+,17+,18+,19+,20+,21-,22+,23+,24+,25+,26-,27-,28-,29-,30-/m1/s1. The van der Waals surface area contributed by atoms with Gasteiger partial charge in [0.1, 0.15) is 122 Å². The molecule has 0 saturated carbocycles. The Morgan fingerprint density at radius 1 is 0.268 bits per heavy atom. The SMILES string of the molecule is OC[C@H]1O[C@H](O[C@H]2[C@H](O)[C@@H](CO)O[C@H](O[C@@H]3[C@@H](O[C@H]4[C@@H](O)[C@H](O)[C@@H](CO)O[C@H]4O)O[C@H](CO)[C@@H](O)[C@@H]3O)[C@H]2O[C@H]2O[C@H](CO)[C@@H](O)[C@H](O)[C@H]2O)[C@@H](O)[C@@H](O)[C@@H]1O. The molecule has 5 fully saturated rings. The number of ether oxygens (including phenoxy) is 9. The van der Waals surface area contributed by atoms with E-state index in [2.05, 4.69) is 0 Å². The predicted molar refractivity (Wildman–Crippen MR) is 167 cm³/mol. The van der Waals surface area contributed by atoms with Crippen LogP contribution in [0.1, 0.15) is 0 Å². The van der Waals surface area contributed by atoms with Crippen LogP contribution in [0.25, 0.3) is 0 Å². The summed E-state index contributed by atoms with van der Waals surface area (Å²) in [5.74, 6) is 0. The van der Waals surface area contributed by atoms with E-state index >= 15 is 0 Å². The van der Waals surface area contributed by atoms with Crippen LogP contribution in [0.4, 0.5) is 0 Å². The summed E-state index contributed by atoms with van der Waals surface area (Å²) in [7, 11) is 0. The van der Waals surface area contributed by atoms with Crippen molar-refractivity contribution in [3.63, 3.8) is 0 Å². The van der Waals surface area contributed by atoms with Gasteiger partial charge in [0.25, 0.3) is 0 Å². The zero-order valence-electron chi connectivity index (χ0n) is 29.2. The fourth-order valence-electron chi connectivity index (χ4n) is 6.96. The molecule has 328 valence electrons. The van der Waals surface area contributed by atoms with E-state index in [-0.39, 0.29) is 0 Å². The third kappa shape index (κ3) is 9.16. The average Bonchev–Trinajstić information content (AvgIpc) is 3.19. The molecule has 5 heterocycles.